The second-order valence-corrected chi connectivity index (χ2v) is 5.21. The third kappa shape index (κ3) is 2.44. The van der Waals surface area contributed by atoms with Gasteiger partial charge in [0.25, 0.3) is 0 Å². The number of hydrogen-bond donors (Lipinski definition) is 0. The Balaban J connectivity index is 1.91. The van der Waals surface area contributed by atoms with Crippen LogP contribution in [-0.2, 0) is 6.42 Å². The zero-order valence-corrected chi connectivity index (χ0v) is 12.2. The number of nitrogens with zero attached hydrogens (tertiary/aromatic N) is 1. The third-order valence-corrected chi connectivity index (χ3v) is 4.05. The molecule has 0 amide bonds. The van der Waals surface area contributed by atoms with Crippen LogP contribution < -0.4 is 0 Å². The molecule has 0 spiro atoms. The van der Waals surface area contributed by atoms with E-state index in [2.05, 4.69) is 49.1 Å². The highest BCUT2D eigenvalue weighted by atomic mass is 16.3. The summed E-state index contributed by atoms with van der Waals surface area (Å²) in [5.74, 6) is 0. The largest absolute Gasteiger partial charge is 0.456 e. The number of hydrogen-bond acceptors (Lipinski definition) is 2. The quantitative estimate of drug-likeness (QED) is 0.678. The van der Waals surface area contributed by atoms with E-state index in [1.807, 2.05) is 12.1 Å². The molecule has 0 unspecified atom stereocenters. The van der Waals surface area contributed by atoms with Gasteiger partial charge < -0.3 is 9.32 Å². The minimum absolute atomic E-state index is 0.975. The minimum Gasteiger partial charge on any atom is -0.456 e. The summed E-state index contributed by atoms with van der Waals surface area (Å²) in [6.07, 6.45) is 1.09. The van der Waals surface area contributed by atoms with E-state index in [0.29, 0.717) is 0 Å². The van der Waals surface area contributed by atoms with Gasteiger partial charge in [-0.05, 0) is 43.3 Å². The Morgan fingerprint density at radius 2 is 1.65 bits per heavy atom. The Labute approximate surface area is 120 Å². The number of benzene rings is 2. The maximum absolute atomic E-state index is 5.86. The van der Waals surface area contributed by atoms with Crippen LogP contribution in [0.25, 0.3) is 21.9 Å². The highest BCUT2D eigenvalue weighted by Crippen LogP contribution is 2.29. The van der Waals surface area contributed by atoms with Gasteiger partial charge in [0.1, 0.15) is 11.2 Å². The topological polar surface area (TPSA) is 16.4 Å². The molecule has 3 aromatic rings. The number of fused-ring (bicyclic) bond motifs is 3. The zero-order chi connectivity index (χ0) is 13.9. The van der Waals surface area contributed by atoms with Gasteiger partial charge in [-0.25, -0.2) is 0 Å². The summed E-state index contributed by atoms with van der Waals surface area (Å²) in [4.78, 5) is 2.46. The molecule has 0 aliphatic heterocycles. The van der Waals surface area contributed by atoms with Gasteiger partial charge in [0.05, 0.1) is 0 Å². The molecule has 0 aliphatic rings. The second-order valence-electron chi connectivity index (χ2n) is 5.21. The molecule has 0 saturated carbocycles. The van der Waals surface area contributed by atoms with Gasteiger partial charge in [0.15, 0.2) is 0 Å². The van der Waals surface area contributed by atoms with E-state index < -0.39 is 0 Å². The van der Waals surface area contributed by atoms with Gasteiger partial charge in [0.2, 0.25) is 0 Å². The van der Waals surface area contributed by atoms with Crippen molar-refractivity contribution >= 4 is 21.9 Å². The van der Waals surface area contributed by atoms with E-state index in [4.69, 9.17) is 4.42 Å². The Bertz CT molecular complexity index is 710. The fourth-order valence-electron chi connectivity index (χ4n) is 2.76. The monoisotopic (exact) mass is 267 g/mol. The molecule has 2 heteroatoms. The molecule has 0 fully saturated rings. The first-order valence-electron chi connectivity index (χ1n) is 7.44. The normalized spacial score (nSPS) is 11.8. The average Bonchev–Trinajstić information content (AvgIpc) is 2.86. The number of furan rings is 1. The molecule has 0 N–H and O–H groups in total. The standard InChI is InChI=1S/C18H21NO/c1-3-19(4-2)12-11-14-9-10-18-16(13-14)15-7-5-6-8-17(15)20-18/h5-10,13H,3-4,11-12H2,1-2H3. The van der Waals surface area contributed by atoms with Crippen LogP contribution in [0.3, 0.4) is 0 Å². The van der Waals surface area contributed by atoms with Crippen LogP contribution in [0.15, 0.2) is 46.9 Å². The van der Waals surface area contributed by atoms with E-state index in [1.165, 1.54) is 16.3 Å². The third-order valence-electron chi connectivity index (χ3n) is 4.05. The van der Waals surface area contributed by atoms with Crippen molar-refractivity contribution in [3.63, 3.8) is 0 Å². The van der Waals surface area contributed by atoms with Crippen molar-refractivity contribution in [1.82, 2.24) is 4.90 Å². The first-order chi connectivity index (χ1) is 9.81. The van der Waals surface area contributed by atoms with Crippen molar-refractivity contribution in [1.29, 1.82) is 0 Å². The molecule has 0 aliphatic carbocycles. The molecule has 0 radical (unpaired) electrons. The number of rotatable bonds is 5. The first-order valence-corrected chi connectivity index (χ1v) is 7.44. The fraction of sp³-hybridized carbons (Fsp3) is 0.333. The lowest BCUT2D eigenvalue weighted by molar-refractivity contribution is 0.308. The number of likely N-dealkylation sites (N-methyl/N-ethyl adjacent to an activating group) is 1. The molecule has 104 valence electrons. The van der Waals surface area contributed by atoms with E-state index in [0.717, 1.165) is 37.2 Å². The maximum atomic E-state index is 5.86. The highest BCUT2D eigenvalue weighted by molar-refractivity contribution is 6.04. The van der Waals surface area contributed by atoms with Gasteiger partial charge in [-0.15, -0.1) is 0 Å². The van der Waals surface area contributed by atoms with E-state index in [-0.39, 0.29) is 0 Å². The fourth-order valence-corrected chi connectivity index (χ4v) is 2.76. The van der Waals surface area contributed by atoms with E-state index >= 15 is 0 Å². The Morgan fingerprint density at radius 1 is 0.900 bits per heavy atom. The van der Waals surface area contributed by atoms with Gasteiger partial charge in [-0.1, -0.05) is 38.1 Å². The second kappa shape index (κ2) is 5.68. The van der Waals surface area contributed by atoms with Gasteiger partial charge in [-0.3, -0.25) is 0 Å². The van der Waals surface area contributed by atoms with Crippen molar-refractivity contribution in [2.24, 2.45) is 0 Å². The van der Waals surface area contributed by atoms with Crippen molar-refractivity contribution in [2.75, 3.05) is 19.6 Å². The first kappa shape index (κ1) is 13.2. The lowest BCUT2D eigenvalue weighted by atomic mass is 10.1. The summed E-state index contributed by atoms with van der Waals surface area (Å²) in [6.45, 7) is 7.79. The summed E-state index contributed by atoms with van der Waals surface area (Å²) in [5, 5.41) is 2.45. The molecule has 1 aromatic heterocycles. The lowest BCUT2D eigenvalue weighted by Gasteiger charge is -2.17. The van der Waals surface area contributed by atoms with Crippen LogP contribution >= 0.6 is 0 Å². The molecule has 2 nitrogen and oxygen atoms in total. The molecule has 0 bridgehead atoms. The van der Waals surface area contributed by atoms with E-state index in [1.54, 1.807) is 0 Å². The van der Waals surface area contributed by atoms with Crippen LogP contribution in [0.5, 0.6) is 0 Å². The van der Waals surface area contributed by atoms with Crippen LogP contribution in [0, 0.1) is 0 Å². The molecule has 2 aromatic carbocycles. The summed E-state index contributed by atoms with van der Waals surface area (Å²) in [6, 6.07) is 14.8. The highest BCUT2D eigenvalue weighted by Gasteiger charge is 2.07. The maximum Gasteiger partial charge on any atom is 0.135 e. The molecule has 0 atom stereocenters. The predicted molar refractivity (Wildman–Crippen MR) is 85.2 cm³/mol. The summed E-state index contributed by atoms with van der Waals surface area (Å²) < 4.78 is 5.86. The van der Waals surface area contributed by atoms with Gasteiger partial charge in [0, 0.05) is 17.3 Å². The van der Waals surface area contributed by atoms with Crippen LogP contribution in [-0.4, -0.2) is 24.5 Å². The van der Waals surface area contributed by atoms with Crippen molar-refractivity contribution in [3.05, 3.63) is 48.0 Å². The average molecular weight is 267 g/mol. The van der Waals surface area contributed by atoms with Crippen molar-refractivity contribution < 1.29 is 4.42 Å². The zero-order valence-electron chi connectivity index (χ0n) is 12.2. The molecule has 3 rings (SSSR count). The summed E-state index contributed by atoms with van der Waals surface area (Å²) >= 11 is 0. The smallest absolute Gasteiger partial charge is 0.135 e. The Kier molecular flexibility index (Phi) is 3.75. The van der Waals surface area contributed by atoms with Crippen molar-refractivity contribution in [2.45, 2.75) is 20.3 Å². The van der Waals surface area contributed by atoms with Crippen LogP contribution in [0.1, 0.15) is 19.4 Å². The van der Waals surface area contributed by atoms with E-state index in [9.17, 15) is 0 Å². The Morgan fingerprint density at radius 3 is 2.45 bits per heavy atom. The molecule has 20 heavy (non-hydrogen) atoms. The SMILES string of the molecule is CCN(CC)CCc1ccc2oc3ccccc3c2c1. The van der Waals surface area contributed by atoms with Gasteiger partial charge in [-0.2, -0.15) is 0 Å². The predicted octanol–water partition coefficient (Wildman–Crippen LogP) is 4.47. The minimum atomic E-state index is 0.975. The number of para-hydroxylation sites is 1. The van der Waals surface area contributed by atoms with Crippen LogP contribution in [0.2, 0.25) is 0 Å². The molecular formula is C18H21NO. The molecule has 1 heterocycles. The summed E-state index contributed by atoms with van der Waals surface area (Å²) in [5.41, 5.74) is 3.34. The van der Waals surface area contributed by atoms with Crippen LogP contribution in [0.4, 0.5) is 0 Å². The van der Waals surface area contributed by atoms with Gasteiger partial charge >= 0.3 is 0 Å². The molecule has 0 saturated heterocycles. The summed E-state index contributed by atoms with van der Waals surface area (Å²) in [7, 11) is 0. The lowest BCUT2D eigenvalue weighted by Crippen LogP contribution is -2.25. The molecular weight excluding hydrogens is 246 g/mol. The Hall–Kier alpha value is -1.80. The van der Waals surface area contributed by atoms with Crippen molar-refractivity contribution in [3.8, 4) is 0 Å².